The lowest BCUT2D eigenvalue weighted by molar-refractivity contribution is -0.00461. The van der Waals surface area contributed by atoms with E-state index in [1.165, 1.54) is 10.4 Å². The van der Waals surface area contributed by atoms with Gasteiger partial charge in [-0.25, -0.2) is 8.42 Å². The molecular formula is C12H17BrN2O4S. The average molecular weight is 365 g/mol. The number of hydrogen-bond acceptors (Lipinski definition) is 5. The topological polar surface area (TPSA) is 81.9 Å². The minimum Gasteiger partial charge on any atom is -0.399 e. The van der Waals surface area contributed by atoms with E-state index in [-0.39, 0.29) is 30.2 Å². The summed E-state index contributed by atoms with van der Waals surface area (Å²) in [5.41, 5.74) is 6.08. The fourth-order valence-corrected chi connectivity index (χ4v) is 4.64. The minimum atomic E-state index is -3.63. The van der Waals surface area contributed by atoms with E-state index < -0.39 is 10.0 Å². The highest BCUT2D eigenvalue weighted by Crippen LogP contribution is 2.30. The van der Waals surface area contributed by atoms with Crippen molar-refractivity contribution in [2.24, 2.45) is 0 Å². The van der Waals surface area contributed by atoms with Crippen LogP contribution in [0.4, 0.5) is 5.69 Å². The van der Waals surface area contributed by atoms with Crippen molar-refractivity contribution in [3.05, 3.63) is 22.7 Å². The van der Waals surface area contributed by atoms with Gasteiger partial charge in [-0.2, -0.15) is 4.31 Å². The summed E-state index contributed by atoms with van der Waals surface area (Å²) in [5, 5.41) is 0. The number of halogens is 1. The molecule has 112 valence electrons. The number of hydrogen-bond donors (Lipinski definition) is 1. The summed E-state index contributed by atoms with van der Waals surface area (Å²) in [6, 6.07) is 4.71. The van der Waals surface area contributed by atoms with Gasteiger partial charge in [-0.05, 0) is 34.1 Å². The minimum absolute atomic E-state index is 0.157. The van der Waals surface area contributed by atoms with Gasteiger partial charge in [0, 0.05) is 37.5 Å². The third kappa shape index (κ3) is 2.84. The fraction of sp³-hybridized carbons (Fsp3) is 0.500. The highest BCUT2D eigenvalue weighted by molar-refractivity contribution is 9.10. The third-order valence-electron chi connectivity index (χ3n) is 3.36. The van der Waals surface area contributed by atoms with Gasteiger partial charge < -0.3 is 15.2 Å². The van der Waals surface area contributed by atoms with Crippen LogP contribution in [0.25, 0.3) is 0 Å². The molecule has 0 spiro atoms. The van der Waals surface area contributed by atoms with Crippen molar-refractivity contribution < 1.29 is 17.9 Å². The van der Waals surface area contributed by atoms with Crippen molar-refractivity contribution in [3.8, 4) is 0 Å². The predicted molar refractivity (Wildman–Crippen MR) is 78.9 cm³/mol. The number of nitrogens with two attached hydrogens (primary N) is 1. The van der Waals surface area contributed by atoms with Crippen molar-refractivity contribution in [3.63, 3.8) is 0 Å². The van der Waals surface area contributed by atoms with Crippen LogP contribution >= 0.6 is 15.9 Å². The van der Waals surface area contributed by atoms with Crippen molar-refractivity contribution >= 4 is 31.6 Å². The molecule has 0 aliphatic carbocycles. The Morgan fingerprint density at radius 1 is 1.25 bits per heavy atom. The van der Waals surface area contributed by atoms with Crippen LogP contribution in [-0.4, -0.2) is 52.2 Å². The van der Waals surface area contributed by atoms with Gasteiger partial charge in [0.2, 0.25) is 10.0 Å². The second kappa shape index (κ2) is 5.98. The maximum atomic E-state index is 12.7. The maximum absolute atomic E-state index is 12.7. The molecule has 1 aromatic rings. The standard InChI is InChI=1S/C12H17BrN2O4S/c1-18-10-6-15(7-11(10)19-2)20(16,17)12-5-8(14)3-4-9(12)13/h3-5,10-11H,6-7,14H2,1-2H3. The van der Waals surface area contributed by atoms with Crippen LogP contribution in [-0.2, 0) is 19.5 Å². The molecule has 1 fully saturated rings. The zero-order valence-electron chi connectivity index (χ0n) is 11.2. The molecule has 0 bridgehead atoms. The Hall–Kier alpha value is -0.670. The molecule has 0 saturated carbocycles. The van der Waals surface area contributed by atoms with Gasteiger partial charge in [-0.15, -0.1) is 0 Å². The van der Waals surface area contributed by atoms with Crippen molar-refractivity contribution in [2.75, 3.05) is 33.0 Å². The summed E-state index contributed by atoms with van der Waals surface area (Å²) in [5.74, 6) is 0. The molecule has 2 rings (SSSR count). The Morgan fingerprint density at radius 2 is 1.80 bits per heavy atom. The third-order valence-corrected chi connectivity index (χ3v) is 6.19. The molecule has 0 amide bonds. The molecule has 0 aromatic heterocycles. The van der Waals surface area contributed by atoms with Gasteiger partial charge in [-0.3, -0.25) is 0 Å². The summed E-state index contributed by atoms with van der Waals surface area (Å²) in [6.45, 7) is 0.525. The molecule has 1 aliphatic heterocycles. The van der Waals surface area contributed by atoms with Crippen LogP contribution in [0.2, 0.25) is 0 Å². The zero-order chi connectivity index (χ0) is 14.9. The van der Waals surface area contributed by atoms with E-state index in [0.29, 0.717) is 10.2 Å². The quantitative estimate of drug-likeness (QED) is 0.808. The average Bonchev–Trinajstić information content (AvgIpc) is 2.85. The smallest absolute Gasteiger partial charge is 0.244 e. The van der Waals surface area contributed by atoms with E-state index in [4.69, 9.17) is 15.2 Å². The number of nitrogen functional groups attached to an aromatic ring is 1. The Kier molecular flexibility index (Phi) is 4.70. The summed E-state index contributed by atoms with van der Waals surface area (Å²) in [4.78, 5) is 0.157. The van der Waals surface area contributed by atoms with Crippen molar-refractivity contribution in [1.82, 2.24) is 4.31 Å². The van der Waals surface area contributed by atoms with E-state index >= 15 is 0 Å². The van der Waals surface area contributed by atoms with Crippen molar-refractivity contribution in [1.29, 1.82) is 0 Å². The molecule has 6 nitrogen and oxygen atoms in total. The Balaban J connectivity index is 2.34. The Bertz CT molecular complexity index is 581. The number of nitrogens with zero attached hydrogens (tertiary/aromatic N) is 1. The molecule has 2 N–H and O–H groups in total. The molecule has 1 saturated heterocycles. The zero-order valence-corrected chi connectivity index (χ0v) is 13.6. The SMILES string of the molecule is COC1CN(S(=O)(=O)c2cc(N)ccc2Br)CC1OC. The number of methoxy groups -OCH3 is 2. The predicted octanol–water partition coefficient (Wildman–Crippen LogP) is 1.07. The first kappa shape index (κ1) is 15.7. The van der Waals surface area contributed by atoms with E-state index in [1.807, 2.05) is 0 Å². The molecule has 1 heterocycles. The van der Waals surface area contributed by atoms with Crippen LogP contribution in [0.15, 0.2) is 27.6 Å². The monoisotopic (exact) mass is 364 g/mol. The van der Waals surface area contributed by atoms with E-state index in [0.717, 1.165) is 0 Å². The van der Waals surface area contributed by atoms with E-state index in [2.05, 4.69) is 15.9 Å². The van der Waals surface area contributed by atoms with Crippen molar-refractivity contribution in [2.45, 2.75) is 17.1 Å². The van der Waals surface area contributed by atoms with Crippen LogP contribution in [0.3, 0.4) is 0 Å². The first-order chi connectivity index (χ1) is 9.40. The fourth-order valence-electron chi connectivity index (χ4n) is 2.22. The van der Waals surface area contributed by atoms with Gasteiger partial charge in [0.25, 0.3) is 0 Å². The molecule has 1 aromatic carbocycles. The summed E-state index contributed by atoms with van der Waals surface area (Å²) in [6.07, 6.45) is -0.538. The number of rotatable bonds is 4. The second-order valence-corrected chi connectivity index (χ2v) is 7.32. The van der Waals surface area contributed by atoms with Gasteiger partial charge in [0.1, 0.15) is 0 Å². The highest BCUT2D eigenvalue weighted by atomic mass is 79.9. The Labute approximate surface area is 127 Å². The number of sulfonamides is 1. The van der Waals surface area contributed by atoms with Crippen LogP contribution in [0.1, 0.15) is 0 Å². The van der Waals surface area contributed by atoms with Gasteiger partial charge >= 0.3 is 0 Å². The molecule has 1 aliphatic rings. The van der Waals surface area contributed by atoms with Gasteiger partial charge in [0.05, 0.1) is 17.1 Å². The van der Waals surface area contributed by atoms with E-state index in [9.17, 15) is 8.42 Å². The Morgan fingerprint density at radius 3 is 2.30 bits per heavy atom. The lowest BCUT2D eigenvalue weighted by atomic mass is 10.3. The summed E-state index contributed by atoms with van der Waals surface area (Å²) < 4.78 is 37.7. The first-order valence-electron chi connectivity index (χ1n) is 6.01. The van der Waals surface area contributed by atoms with Gasteiger partial charge in [-0.1, -0.05) is 0 Å². The van der Waals surface area contributed by atoms with Crippen LogP contribution < -0.4 is 5.73 Å². The molecule has 8 heteroatoms. The number of benzene rings is 1. The lowest BCUT2D eigenvalue weighted by Gasteiger charge is -2.17. The van der Waals surface area contributed by atoms with Crippen LogP contribution in [0, 0.1) is 0 Å². The number of ether oxygens (including phenoxy) is 2. The largest absolute Gasteiger partial charge is 0.399 e. The van der Waals surface area contributed by atoms with Gasteiger partial charge in [0.15, 0.2) is 0 Å². The van der Waals surface area contributed by atoms with Crippen LogP contribution in [0.5, 0.6) is 0 Å². The molecule has 2 atom stereocenters. The molecule has 20 heavy (non-hydrogen) atoms. The number of anilines is 1. The normalized spacial score (nSPS) is 24.1. The molecule has 0 radical (unpaired) electrons. The summed E-state index contributed by atoms with van der Waals surface area (Å²) in [7, 11) is -0.542. The van der Waals surface area contributed by atoms with E-state index in [1.54, 1.807) is 26.4 Å². The lowest BCUT2D eigenvalue weighted by Crippen LogP contribution is -2.30. The molecular weight excluding hydrogens is 348 g/mol. The second-order valence-electron chi connectivity index (χ2n) is 4.56. The highest BCUT2D eigenvalue weighted by Gasteiger charge is 2.40. The summed E-state index contributed by atoms with van der Waals surface area (Å²) >= 11 is 3.25. The molecule has 2 unspecified atom stereocenters. The first-order valence-corrected chi connectivity index (χ1v) is 8.24. The maximum Gasteiger partial charge on any atom is 0.244 e.